The van der Waals surface area contributed by atoms with Crippen LogP contribution in [-0.2, 0) is 6.42 Å². The largest absolute Gasteiger partial charge is 0.316 e. The number of hydrogen-bond acceptors (Lipinski definition) is 1. The van der Waals surface area contributed by atoms with Crippen molar-refractivity contribution in [2.75, 3.05) is 13.1 Å². The Hall–Kier alpha value is -1.45. The van der Waals surface area contributed by atoms with Crippen LogP contribution in [0, 0.1) is 11.6 Å². The third-order valence-electron chi connectivity index (χ3n) is 3.39. The lowest BCUT2D eigenvalue weighted by Gasteiger charge is -2.19. The number of hydrogen-bond donors (Lipinski definition) is 1. The fourth-order valence-electron chi connectivity index (χ4n) is 2.43. The zero-order valence-electron chi connectivity index (χ0n) is 11.9. The quantitative estimate of drug-likeness (QED) is 0.825. The van der Waals surface area contributed by atoms with Gasteiger partial charge < -0.3 is 5.32 Å². The Morgan fingerprint density at radius 1 is 1.10 bits per heavy atom. The van der Waals surface area contributed by atoms with Gasteiger partial charge in [0.05, 0.1) is 0 Å². The van der Waals surface area contributed by atoms with Crippen molar-refractivity contribution in [3.05, 3.63) is 70.2 Å². The van der Waals surface area contributed by atoms with Crippen LogP contribution < -0.4 is 5.32 Å². The van der Waals surface area contributed by atoms with Gasteiger partial charge in [0.25, 0.3) is 0 Å². The van der Waals surface area contributed by atoms with Gasteiger partial charge in [0, 0.05) is 23.6 Å². The molecule has 0 saturated heterocycles. The molecule has 1 atom stereocenters. The maximum absolute atomic E-state index is 13.3. The van der Waals surface area contributed by atoms with Crippen LogP contribution in [0.1, 0.15) is 24.0 Å². The van der Waals surface area contributed by atoms with Crippen LogP contribution in [-0.4, -0.2) is 13.1 Å². The molecule has 0 aliphatic carbocycles. The van der Waals surface area contributed by atoms with Gasteiger partial charge in [-0.2, -0.15) is 0 Å². The molecule has 1 nitrogen and oxygen atoms in total. The molecule has 0 radical (unpaired) electrons. The summed E-state index contributed by atoms with van der Waals surface area (Å²) < 4.78 is 26.7. The molecule has 0 heterocycles. The highest BCUT2D eigenvalue weighted by molar-refractivity contribution is 6.31. The Bertz CT molecular complexity index is 581. The number of rotatable bonds is 6. The van der Waals surface area contributed by atoms with Gasteiger partial charge in [-0.25, -0.2) is 8.78 Å². The molecule has 1 N–H and O–H groups in total. The van der Waals surface area contributed by atoms with Crippen LogP contribution in [0.3, 0.4) is 0 Å². The second-order valence-electron chi connectivity index (χ2n) is 5.01. The van der Waals surface area contributed by atoms with E-state index in [4.69, 9.17) is 11.6 Å². The predicted molar refractivity (Wildman–Crippen MR) is 82.8 cm³/mol. The Labute approximate surface area is 128 Å². The van der Waals surface area contributed by atoms with Gasteiger partial charge in [0.1, 0.15) is 11.6 Å². The predicted octanol–water partition coefficient (Wildman–Crippen LogP) is 4.55. The van der Waals surface area contributed by atoms with Crippen molar-refractivity contribution in [2.24, 2.45) is 0 Å². The molecule has 0 aromatic heterocycles. The molecule has 2 aromatic carbocycles. The van der Waals surface area contributed by atoms with Gasteiger partial charge >= 0.3 is 0 Å². The summed E-state index contributed by atoms with van der Waals surface area (Å²) in [6.45, 7) is 3.56. The van der Waals surface area contributed by atoms with Crippen molar-refractivity contribution in [1.29, 1.82) is 0 Å². The molecule has 0 spiro atoms. The minimum absolute atomic E-state index is 0.0693. The van der Waals surface area contributed by atoms with E-state index < -0.39 is 11.6 Å². The molecular weight excluding hydrogens is 292 g/mol. The first kappa shape index (κ1) is 15.9. The van der Waals surface area contributed by atoms with Crippen molar-refractivity contribution >= 4 is 11.6 Å². The maximum atomic E-state index is 13.3. The molecule has 0 bridgehead atoms. The monoisotopic (exact) mass is 309 g/mol. The molecule has 4 heteroatoms. The Morgan fingerprint density at radius 3 is 2.38 bits per heavy atom. The second-order valence-corrected chi connectivity index (χ2v) is 5.42. The van der Waals surface area contributed by atoms with Crippen molar-refractivity contribution in [3.8, 4) is 0 Å². The highest BCUT2D eigenvalue weighted by atomic mass is 35.5. The van der Waals surface area contributed by atoms with Crippen molar-refractivity contribution in [3.63, 3.8) is 0 Å². The summed E-state index contributed by atoms with van der Waals surface area (Å²) >= 11 is 6.25. The molecular formula is C17H18ClF2N. The SMILES string of the molecule is CCNCC(Cc1cc(F)cc(F)c1)c1ccccc1Cl. The van der Waals surface area contributed by atoms with Crippen molar-refractivity contribution in [1.82, 2.24) is 5.32 Å². The first-order valence-electron chi connectivity index (χ1n) is 7.00. The van der Waals surface area contributed by atoms with Crippen molar-refractivity contribution in [2.45, 2.75) is 19.3 Å². The number of likely N-dealkylation sites (N-methyl/N-ethyl adjacent to an activating group) is 1. The Kier molecular flexibility index (Phi) is 5.71. The van der Waals surface area contributed by atoms with E-state index in [0.717, 1.165) is 18.2 Å². The first-order valence-corrected chi connectivity index (χ1v) is 7.38. The van der Waals surface area contributed by atoms with Gasteiger partial charge in [-0.15, -0.1) is 0 Å². The summed E-state index contributed by atoms with van der Waals surface area (Å²) in [7, 11) is 0. The van der Waals surface area contributed by atoms with E-state index in [1.807, 2.05) is 31.2 Å². The van der Waals surface area contributed by atoms with Gasteiger partial charge in [0.2, 0.25) is 0 Å². The standard InChI is InChI=1S/C17H18ClF2N/c1-2-21-11-13(16-5-3-4-6-17(16)18)7-12-8-14(19)10-15(20)9-12/h3-6,8-10,13,21H,2,7,11H2,1H3. The van der Waals surface area contributed by atoms with E-state index >= 15 is 0 Å². The third kappa shape index (κ3) is 4.51. The van der Waals surface area contributed by atoms with E-state index in [1.54, 1.807) is 0 Å². The molecule has 0 aliphatic rings. The van der Waals surface area contributed by atoms with Crippen LogP contribution in [0.15, 0.2) is 42.5 Å². The summed E-state index contributed by atoms with van der Waals surface area (Å²) in [5.74, 6) is -1.03. The zero-order valence-corrected chi connectivity index (χ0v) is 12.6. The molecule has 0 amide bonds. The highest BCUT2D eigenvalue weighted by Crippen LogP contribution is 2.27. The van der Waals surface area contributed by atoms with Gasteiger partial charge in [0.15, 0.2) is 0 Å². The minimum Gasteiger partial charge on any atom is -0.316 e. The van der Waals surface area contributed by atoms with Crippen LogP contribution in [0.5, 0.6) is 0 Å². The molecule has 0 saturated carbocycles. The average Bonchev–Trinajstić information content (AvgIpc) is 2.43. The molecule has 2 aromatic rings. The van der Waals surface area contributed by atoms with E-state index in [1.165, 1.54) is 12.1 Å². The Morgan fingerprint density at radius 2 is 1.76 bits per heavy atom. The zero-order chi connectivity index (χ0) is 15.2. The number of benzene rings is 2. The van der Waals surface area contributed by atoms with Crippen molar-refractivity contribution < 1.29 is 8.78 Å². The lowest BCUT2D eigenvalue weighted by molar-refractivity contribution is 0.566. The summed E-state index contributed by atoms with van der Waals surface area (Å²) in [4.78, 5) is 0. The molecule has 0 aliphatic heterocycles. The third-order valence-corrected chi connectivity index (χ3v) is 3.73. The van der Waals surface area contributed by atoms with Gasteiger partial charge in [-0.3, -0.25) is 0 Å². The number of nitrogens with one attached hydrogen (secondary N) is 1. The maximum Gasteiger partial charge on any atom is 0.126 e. The van der Waals surface area contributed by atoms with E-state index in [0.29, 0.717) is 23.6 Å². The summed E-state index contributed by atoms with van der Waals surface area (Å²) in [5, 5.41) is 3.96. The van der Waals surface area contributed by atoms with E-state index in [2.05, 4.69) is 5.32 Å². The van der Waals surface area contributed by atoms with Crippen LogP contribution in [0.4, 0.5) is 8.78 Å². The molecule has 21 heavy (non-hydrogen) atoms. The minimum atomic E-state index is -0.550. The molecule has 0 fully saturated rings. The lowest BCUT2D eigenvalue weighted by Crippen LogP contribution is -2.23. The average molecular weight is 310 g/mol. The first-order chi connectivity index (χ1) is 10.1. The molecule has 112 valence electrons. The fourth-order valence-corrected chi connectivity index (χ4v) is 2.72. The summed E-state index contributed by atoms with van der Waals surface area (Å²) in [6, 6.07) is 11.2. The topological polar surface area (TPSA) is 12.0 Å². The molecule has 1 unspecified atom stereocenters. The van der Waals surface area contributed by atoms with Crippen LogP contribution in [0.2, 0.25) is 5.02 Å². The fraction of sp³-hybridized carbons (Fsp3) is 0.294. The van der Waals surface area contributed by atoms with Gasteiger partial charge in [-0.1, -0.05) is 36.7 Å². The van der Waals surface area contributed by atoms with Crippen LogP contribution in [0.25, 0.3) is 0 Å². The molecule has 2 rings (SSSR count). The Balaban J connectivity index is 2.26. The van der Waals surface area contributed by atoms with E-state index in [9.17, 15) is 8.78 Å². The van der Waals surface area contributed by atoms with Gasteiger partial charge in [-0.05, 0) is 42.3 Å². The summed E-state index contributed by atoms with van der Waals surface area (Å²) in [5.41, 5.74) is 1.63. The van der Waals surface area contributed by atoms with Crippen LogP contribution >= 0.6 is 11.6 Å². The summed E-state index contributed by atoms with van der Waals surface area (Å²) in [6.07, 6.45) is 0.533. The normalized spacial score (nSPS) is 12.4. The highest BCUT2D eigenvalue weighted by Gasteiger charge is 2.16. The van der Waals surface area contributed by atoms with E-state index in [-0.39, 0.29) is 5.92 Å². The lowest BCUT2D eigenvalue weighted by atomic mass is 9.91. The second kappa shape index (κ2) is 7.53. The smallest absolute Gasteiger partial charge is 0.126 e. The number of halogens is 3.